The predicted molar refractivity (Wildman–Crippen MR) is 80.5 cm³/mol. The van der Waals surface area contributed by atoms with Crippen molar-refractivity contribution in [3.63, 3.8) is 0 Å². The van der Waals surface area contributed by atoms with Crippen LogP contribution in [-0.4, -0.2) is 27.1 Å². The Morgan fingerprint density at radius 3 is 2.57 bits per heavy atom. The molecule has 0 bridgehead atoms. The fraction of sp³-hybridized carbons (Fsp3) is 0.267. The lowest BCUT2D eigenvalue weighted by Gasteiger charge is -2.05. The van der Waals surface area contributed by atoms with Gasteiger partial charge in [-0.15, -0.1) is 0 Å². The number of hydrogen-bond donors (Lipinski definition) is 2. The van der Waals surface area contributed by atoms with Gasteiger partial charge in [0.05, 0.1) is 11.6 Å². The summed E-state index contributed by atoms with van der Waals surface area (Å²) in [5.41, 5.74) is 5.52. The van der Waals surface area contributed by atoms with Crippen LogP contribution < -0.4 is 5.73 Å². The quantitative estimate of drug-likeness (QED) is 0.671. The van der Waals surface area contributed by atoms with Crippen LogP contribution in [0.3, 0.4) is 0 Å². The molecule has 1 aromatic heterocycles. The van der Waals surface area contributed by atoms with E-state index in [1.807, 2.05) is 0 Å². The molecule has 1 heterocycles. The van der Waals surface area contributed by atoms with Crippen LogP contribution in [-0.2, 0) is 6.18 Å². The maximum atomic E-state index is 12.5. The normalized spacial score (nSPS) is 16.2. The van der Waals surface area contributed by atoms with Crippen molar-refractivity contribution in [1.29, 1.82) is 0 Å². The number of hydrogen-bond acceptors (Lipinski definition) is 3. The molecule has 0 unspecified atom stereocenters. The molecular formula is C15H14F3N5. The van der Waals surface area contributed by atoms with Crippen LogP contribution in [0.2, 0.25) is 0 Å². The summed E-state index contributed by atoms with van der Waals surface area (Å²) in [5, 5.41) is 6.67. The first kappa shape index (κ1) is 15.3. The zero-order chi connectivity index (χ0) is 16.4. The van der Waals surface area contributed by atoms with E-state index in [0.29, 0.717) is 29.1 Å². The van der Waals surface area contributed by atoms with E-state index in [2.05, 4.69) is 20.2 Å². The van der Waals surface area contributed by atoms with Crippen molar-refractivity contribution in [1.82, 2.24) is 15.2 Å². The average molecular weight is 321 g/mol. The lowest BCUT2D eigenvalue weighted by atomic mass is 10.1. The number of nitrogens with zero attached hydrogens (tertiary/aromatic N) is 3. The molecule has 1 aliphatic carbocycles. The van der Waals surface area contributed by atoms with Gasteiger partial charge in [0.1, 0.15) is 11.7 Å². The van der Waals surface area contributed by atoms with Crippen LogP contribution in [0.1, 0.15) is 24.2 Å². The summed E-state index contributed by atoms with van der Waals surface area (Å²) in [4.78, 5) is 8.43. The number of rotatable bonds is 4. The standard InChI is InChI=1S/C15H14F3N5/c16-15(17,18)10-3-1-9(2-4-10)14-21-13(22-23-14)8-7-12(19)20-11-5-6-11/h1-4,7-8,11H,5-6H2,(H2,19,20)(H,21,22,23)/b8-7-. The number of nitrogens with two attached hydrogens (primary N) is 1. The third-order valence-electron chi connectivity index (χ3n) is 3.26. The van der Waals surface area contributed by atoms with Crippen LogP contribution in [0.15, 0.2) is 35.3 Å². The summed E-state index contributed by atoms with van der Waals surface area (Å²) >= 11 is 0. The topological polar surface area (TPSA) is 80.0 Å². The number of nitrogens with one attached hydrogen (secondary N) is 1. The van der Waals surface area contributed by atoms with E-state index < -0.39 is 11.7 Å². The first-order valence-corrected chi connectivity index (χ1v) is 7.03. The van der Waals surface area contributed by atoms with Gasteiger partial charge in [0.15, 0.2) is 5.82 Å². The number of alkyl halides is 3. The highest BCUT2D eigenvalue weighted by atomic mass is 19.4. The maximum Gasteiger partial charge on any atom is 0.416 e. The van der Waals surface area contributed by atoms with Crippen molar-refractivity contribution in [2.45, 2.75) is 25.1 Å². The van der Waals surface area contributed by atoms with Gasteiger partial charge >= 0.3 is 6.18 Å². The molecule has 0 saturated heterocycles. The Bertz CT molecular complexity index is 739. The highest BCUT2D eigenvalue weighted by molar-refractivity contribution is 5.95. The van der Waals surface area contributed by atoms with Gasteiger partial charge in [0, 0.05) is 5.56 Å². The monoisotopic (exact) mass is 321 g/mol. The first-order chi connectivity index (χ1) is 10.9. The summed E-state index contributed by atoms with van der Waals surface area (Å²) in [6, 6.07) is 5.01. The molecule has 1 aromatic carbocycles. The Kier molecular flexibility index (Phi) is 3.89. The molecule has 120 valence electrons. The van der Waals surface area contributed by atoms with Gasteiger partial charge in [-0.25, -0.2) is 4.98 Å². The molecule has 5 nitrogen and oxygen atoms in total. The minimum absolute atomic E-state index is 0.316. The third-order valence-corrected chi connectivity index (χ3v) is 3.26. The molecule has 3 N–H and O–H groups in total. The maximum absolute atomic E-state index is 12.5. The Morgan fingerprint density at radius 2 is 1.96 bits per heavy atom. The average Bonchev–Trinajstić information content (AvgIpc) is 3.18. The van der Waals surface area contributed by atoms with Crippen molar-refractivity contribution >= 4 is 11.9 Å². The van der Waals surface area contributed by atoms with Crippen LogP contribution in [0.4, 0.5) is 13.2 Å². The second-order valence-corrected chi connectivity index (χ2v) is 5.24. The highest BCUT2D eigenvalue weighted by Gasteiger charge is 2.30. The van der Waals surface area contributed by atoms with Gasteiger partial charge in [-0.2, -0.15) is 18.3 Å². The first-order valence-electron chi connectivity index (χ1n) is 7.03. The minimum atomic E-state index is -4.36. The number of aliphatic imine (C=N–C) groups is 1. The summed E-state index contributed by atoms with van der Waals surface area (Å²) in [7, 11) is 0. The molecule has 1 aliphatic rings. The van der Waals surface area contributed by atoms with E-state index in [1.165, 1.54) is 12.1 Å². The van der Waals surface area contributed by atoms with Crippen molar-refractivity contribution in [3.05, 3.63) is 41.7 Å². The highest BCUT2D eigenvalue weighted by Crippen LogP contribution is 2.30. The summed E-state index contributed by atoms with van der Waals surface area (Å²) < 4.78 is 37.6. The second kappa shape index (κ2) is 5.86. The van der Waals surface area contributed by atoms with E-state index >= 15 is 0 Å². The SMILES string of the molecule is NC(/C=C\c1nc(-c2ccc(C(F)(F)F)cc2)n[nH]1)=NC1CC1. The Hall–Kier alpha value is -2.64. The molecule has 0 spiro atoms. The van der Waals surface area contributed by atoms with Gasteiger partial charge in [-0.3, -0.25) is 10.1 Å². The number of benzene rings is 1. The molecule has 0 atom stereocenters. The fourth-order valence-corrected chi connectivity index (χ4v) is 1.91. The number of H-pyrrole nitrogens is 1. The molecule has 0 aliphatic heterocycles. The minimum Gasteiger partial charge on any atom is -0.384 e. The lowest BCUT2D eigenvalue weighted by molar-refractivity contribution is -0.137. The second-order valence-electron chi connectivity index (χ2n) is 5.24. The molecular weight excluding hydrogens is 307 g/mol. The van der Waals surface area contributed by atoms with Crippen LogP contribution in [0.25, 0.3) is 17.5 Å². The fourth-order valence-electron chi connectivity index (χ4n) is 1.91. The van der Waals surface area contributed by atoms with E-state index in [9.17, 15) is 13.2 Å². The molecule has 8 heteroatoms. The van der Waals surface area contributed by atoms with Gasteiger partial charge in [0.25, 0.3) is 0 Å². The van der Waals surface area contributed by atoms with Crippen LogP contribution >= 0.6 is 0 Å². The van der Waals surface area contributed by atoms with E-state index in [0.717, 1.165) is 25.0 Å². The molecule has 2 aromatic rings. The van der Waals surface area contributed by atoms with E-state index in [1.54, 1.807) is 12.2 Å². The Balaban J connectivity index is 1.72. The summed E-state index contributed by atoms with van der Waals surface area (Å²) in [6.45, 7) is 0. The van der Waals surface area contributed by atoms with E-state index in [4.69, 9.17) is 5.73 Å². The van der Waals surface area contributed by atoms with Crippen molar-refractivity contribution in [2.24, 2.45) is 10.7 Å². The molecule has 23 heavy (non-hydrogen) atoms. The number of aromatic nitrogens is 3. The molecule has 3 rings (SSSR count). The van der Waals surface area contributed by atoms with Crippen LogP contribution in [0.5, 0.6) is 0 Å². The molecule has 1 saturated carbocycles. The van der Waals surface area contributed by atoms with Crippen LogP contribution in [0, 0.1) is 0 Å². The van der Waals surface area contributed by atoms with Gasteiger partial charge < -0.3 is 5.73 Å². The van der Waals surface area contributed by atoms with Gasteiger partial charge in [0.2, 0.25) is 0 Å². The van der Waals surface area contributed by atoms with E-state index in [-0.39, 0.29) is 0 Å². The smallest absolute Gasteiger partial charge is 0.384 e. The van der Waals surface area contributed by atoms with Crippen molar-refractivity contribution in [3.8, 4) is 11.4 Å². The van der Waals surface area contributed by atoms with Crippen molar-refractivity contribution < 1.29 is 13.2 Å². The zero-order valence-electron chi connectivity index (χ0n) is 12.0. The predicted octanol–water partition coefficient (Wildman–Crippen LogP) is 3.02. The number of halogens is 3. The third kappa shape index (κ3) is 3.97. The number of aromatic amines is 1. The van der Waals surface area contributed by atoms with Gasteiger partial charge in [-0.1, -0.05) is 12.1 Å². The zero-order valence-corrected chi connectivity index (χ0v) is 12.0. The molecule has 0 radical (unpaired) electrons. The van der Waals surface area contributed by atoms with Gasteiger partial charge in [-0.05, 0) is 37.1 Å². The lowest BCUT2D eigenvalue weighted by Crippen LogP contribution is -2.08. The largest absolute Gasteiger partial charge is 0.416 e. The van der Waals surface area contributed by atoms with Crippen molar-refractivity contribution in [2.75, 3.05) is 0 Å². The summed E-state index contributed by atoms with van der Waals surface area (Å²) in [5.74, 6) is 1.19. The molecule has 0 amide bonds. The molecule has 1 fully saturated rings. The summed E-state index contributed by atoms with van der Waals surface area (Å²) in [6.07, 6.45) is 1.02. The Morgan fingerprint density at radius 1 is 1.26 bits per heavy atom. The Labute approximate surface area is 130 Å². The number of amidine groups is 1.